The Hall–Kier alpha value is -0.800. The molecule has 0 amide bonds. The van der Waals surface area contributed by atoms with E-state index in [1.165, 1.54) is 11.1 Å². The third-order valence-corrected chi connectivity index (χ3v) is 3.26. The van der Waals surface area contributed by atoms with Crippen molar-refractivity contribution in [3.05, 3.63) is 39.9 Å². The van der Waals surface area contributed by atoms with Gasteiger partial charge in [0.05, 0.1) is 0 Å². The Labute approximate surface area is 105 Å². The number of nitrogens with two attached hydrogens (primary N) is 1. The highest BCUT2D eigenvalue weighted by Gasteiger charge is 2.10. The average Bonchev–Trinajstić information content (AvgIpc) is 2.15. The Morgan fingerprint density at radius 1 is 1.38 bits per heavy atom. The molecule has 0 fully saturated rings. The molecule has 2 nitrogen and oxygen atoms in total. The van der Waals surface area contributed by atoms with E-state index in [1.807, 2.05) is 6.07 Å². The van der Waals surface area contributed by atoms with Crippen molar-refractivity contribution in [2.45, 2.75) is 19.9 Å². The van der Waals surface area contributed by atoms with E-state index in [-0.39, 0.29) is 0 Å². The van der Waals surface area contributed by atoms with Crippen LogP contribution in [-0.2, 0) is 6.54 Å². The van der Waals surface area contributed by atoms with E-state index in [1.54, 1.807) is 0 Å². The first kappa shape index (κ1) is 11.7. The van der Waals surface area contributed by atoms with Crippen molar-refractivity contribution in [2.75, 3.05) is 18.8 Å². The molecule has 16 heavy (non-hydrogen) atoms. The van der Waals surface area contributed by atoms with Gasteiger partial charge in [0.1, 0.15) is 0 Å². The third-order valence-electron chi connectivity index (χ3n) is 2.80. The van der Waals surface area contributed by atoms with Crippen LogP contribution >= 0.6 is 15.9 Å². The van der Waals surface area contributed by atoms with Gasteiger partial charge in [-0.05, 0) is 37.1 Å². The van der Waals surface area contributed by atoms with Crippen molar-refractivity contribution >= 4 is 21.6 Å². The molecular weight excluding hydrogens is 264 g/mol. The minimum atomic E-state index is 0.827. The van der Waals surface area contributed by atoms with Gasteiger partial charge in [-0.3, -0.25) is 4.90 Å². The van der Waals surface area contributed by atoms with Crippen molar-refractivity contribution in [1.29, 1.82) is 0 Å². The second-order valence-electron chi connectivity index (χ2n) is 4.44. The molecule has 0 bridgehead atoms. The molecule has 1 aliphatic heterocycles. The van der Waals surface area contributed by atoms with E-state index in [9.17, 15) is 0 Å². The van der Waals surface area contributed by atoms with Crippen LogP contribution in [0.3, 0.4) is 0 Å². The normalized spacial score (nSPS) is 17.2. The Morgan fingerprint density at radius 2 is 2.19 bits per heavy atom. The fourth-order valence-corrected chi connectivity index (χ4v) is 2.71. The van der Waals surface area contributed by atoms with E-state index in [0.29, 0.717) is 0 Å². The Morgan fingerprint density at radius 3 is 2.88 bits per heavy atom. The molecule has 1 aromatic rings. The van der Waals surface area contributed by atoms with Gasteiger partial charge in [0.15, 0.2) is 0 Å². The van der Waals surface area contributed by atoms with Crippen LogP contribution in [0.15, 0.2) is 34.3 Å². The number of halogens is 1. The highest BCUT2D eigenvalue weighted by molar-refractivity contribution is 9.10. The van der Waals surface area contributed by atoms with Gasteiger partial charge >= 0.3 is 0 Å². The molecule has 1 aromatic carbocycles. The van der Waals surface area contributed by atoms with Gasteiger partial charge in [0, 0.05) is 29.8 Å². The Balaban J connectivity index is 2.06. The number of anilines is 1. The molecule has 0 aromatic heterocycles. The molecule has 2 rings (SSSR count). The third kappa shape index (κ3) is 3.09. The van der Waals surface area contributed by atoms with Crippen molar-refractivity contribution < 1.29 is 0 Å². The predicted octanol–water partition coefficient (Wildman–Crippen LogP) is 3.18. The topological polar surface area (TPSA) is 29.3 Å². The second kappa shape index (κ2) is 5.02. The minimum absolute atomic E-state index is 0.827. The SMILES string of the molecule is CC1=CCCN(Cc2cc(N)cc(Br)c2)C1. The molecule has 0 unspecified atom stereocenters. The van der Waals surface area contributed by atoms with Crippen molar-refractivity contribution in [2.24, 2.45) is 0 Å². The zero-order valence-corrected chi connectivity index (χ0v) is 11.1. The molecule has 3 heteroatoms. The smallest absolute Gasteiger partial charge is 0.0328 e. The van der Waals surface area contributed by atoms with Crippen LogP contribution in [-0.4, -0.2) is 18.0 Å². The van der Waals surface area contributed by atoms with Crippen LogP contribution in [0, 0.1) is 0 Å². The highest BCUT2D eigenvalue weighted by atomic mass is 79.9. The number of benzene rings is 1. The maximum Gasteiger partial charge on any atom is 0.0328 e. The maximum atomic E-state index is 5.83. The summed E-state index contributed by atoms with van der Waals surface area (Å²) < 4.78 is 1.06. The highest BCUT2D eigenvalue weighted by Crippen LogP contribution is 2.20. The molecule has 0 saturated carbocycles. The monoisotopic (exact) mass is 280 g/mol. The van der Waals surface area contributed by atoms with Crippen molar-refractivity contribution in [3.8, 4) is 0 Å². The molecule has 0 saturated heterocycles. The predicted molar refractivity (Wildman–Crippen MR) is 72.2 cm³/mol. The Bertz CT molecular complexity index is 392. The second-order valence-corrected chi connectivity index (χ2v) is 5.36. The van der Waals surface area contributed by atoms with Gasteiger partial charge in [-0.25, -0.2) is 0 Å². The summed E-state index contributed by atoms with van der Waals surface area (Å²) in [5.74, 6) is 0. The number of hydrogen-bond donors (Lipinski definition) is 1. The molecule has 1 heterocycles. The summed E-state index contributed by atoms with van der Waals surface area (Å²) >= 11 is 3.48. The number of nitrogen functional groups attached to an aromatic ring is 1. The fraction of sp³-hybridized carbons (Fsp3) is 0.385. The van der Waals surface area contributed by atoms with E-state index >= 15 is 0 Å². The van der Waals surface area contributed by atoms with E-state index in [2.05, 4.69) is 46.0 Å². The van der Waals surface area contributed by atoms with Crippen LogP contribution < -0.4 is 5.73 Å². The average molecular weight is 281 g/mol. The van der Waals surface area contributed by atoms with E-state index in [4.69, 9.17) is 5.73 Å². The molecule has 0 radical (unpaired) electrons. The lowest BCUT2D eigenvalue weighted by Crippen LogP contribution is -2.28. The van der Waals surface area contributed by atoms with Gasteiger partial charge in [0.25, 0.3) is 0 Å². The molecular formula is C13H17BrN2. The van der Waals surface area contributed by atoms with Gasteiger partial charge in [-0.1, -0.05) is 27.6 Å². The molecule has 2 N–H and O–H groups in total. The lowest BCUT2D eigenvalue weighted by molar-refractivity contribution is 0.282. The summed E-state index contributed by atoms with van der Waals surface area (Å²) in [4.78, 5) is 2.45. The molecule has 0 spiro atoms. The number of nitrogens with zero attached hydrogens (tertiary/aromatic N) is 1. The fourth-order valence-electron chi connectivity index (χ4n) is 2.15. The molecule has 86 valence electrons. The van der Waals surface area contributed by atoms with E-state index in [0.717, 1.165) is 36.2 Å². The van der Waals surface area contributed by atoms with Crippen LogP contribution in [0.4, 0.5) is 5.69 Å². The summed E-state index contributed by atoms with van der Waals surface area (Å²) in [5.41, 5.74) is 9.41. The molecule has 0 atom stereocenters. The largest absolute Gasteiger partial charge is 0.399 e. The molecule has 1 aliphatic rings. The summed E-state index contributed by atoms with van der Waals surface area (Å²) in [7, 11) is 0. The van der Waals surface area contributed by atoms with Gasteiger partial charge in [0.2, 0.25) is 0 Å². The first-order chi connectivity index (χ1) is 7.63. The summed E-state index contributed by atoms with van der Waals surface area (Å²) in [6.45, 7) is 5.40. The van der Waals surface area contributed by atoms with Gasteiger partial charge in [-0.2, -0.15) is 0 Å². The van der Waals surface area contributed by atoms with Gasteiger partial charge < -0.3 is 5.73 Å². The first-order valence-electron chi connectivity index (χ1n) is 5.56. The summed E-state index contributed by atoms with van der Waals surface area (Å²) in [6, 6.07) is 6.13. The maximum absolute atomic E-state index is 5.83. The van der Waals surface area contributed by atoms with Crippen LogP contribution in [0.25, 0.3) is 0 Å². The first-order valence-corrected chi connectivity index (χ1v) is 6.36. The Kier molecular flexibility index (Phi) is 3.66. The summed E-state index contributed by atoms with van der Waals surface area (Å²) in [6.07, 6.45) is 3.49. The number of rotatable bonds is 2. The van der Waals surface area contributed by atoms with Crippen LogP contribution in [0.2, 0.25) is 0 Å². The summed E-state index contributed by atoms with van der Waals surface area (Å²) in [5, 5.41) is 0. The lowest BCUT2D eigenvalue weighted by atomic mass is 10.1. The van der Waals surface area contributed by atoms with Crippen LogP contribution in [0.5, 0.6) is 0 Å². The minimum Gasteiger partial charge on any atom is -0.399 e. The molecule has 0 aliphatic carbocycles. The zero-order chi connectivity index (χ0) is 11.5. The standard InChI is InChI=1S/C13H17BrN2/c1-10-3-2-4-16(8-10)9-11-5-12(14)7-13(15)6-11/h3,5-7H,2,4,8-9,15H2,1H3. The quantitative estimate of drug-likeness (QED) is 0.666. The zero-order valence-electron chi connectivity index (χ0n) is 9.54. The van der Waals surface area contributed by atoms with Crippen molar-refractivity contribution in [1.82, 2.24) is 4.90 Å². The lowest BCUT2D eigenvalue weighted by Gasteiger charge is -2.26. The van der Waals surface area contributed by atoms with Crippen molar-refractivity contribution in [3.63, 3.8) is 0 Å². The number of hydrogen-bond acceptors (Lipinski definition) is 2. The van der Waals surface area contributed by atoms with Crippen LogP contribution in [0.1, 0.15) is 18.9 Å². The van der Waals surface area contributed by atoms with Gasteiger partial charge in [-0.15, -0.1) is 0 Å². The van der Waals surface area contributed by atoms with E-state index < -0.39 is 0 Å².